The monoisotopic (exact) mass is 458 g/mol. The van der Waals surface area contributed by atoms with Crippen LogP contribution in [0, 0.1) is 5.82 Å². The number of nitrogens with one attached hydrogen (secondary N) is 2. The number of halogens is 1. The first-order chi connectivity index (χ1) is 16.7. The summed E-state index contributed by atoms with van der Waals surface area (Å²) >= 11 is 0. The second kappa shape index (κ2) is 9.80. The van der Waals surface area contributed by atoms with E-state index >= 15 is 0 Å². The van der Waals surface area contributed by atoms with Crippen LogP contribution in [0.15, 0.2) is 67.1 Å². The summed E-state index contributed by atoms with van der Waals surface area (Å²) in [5.74, 6) is 0.196. The van der Waals surface area contributed by atoms with E-state index in [9.17, 15) is 9.18 Å². The molecule has 9 heteroatoms. The molecule has 4 aromatic rings. The standard InChI is InChI=1S/C25H23FN6O2/c26-18-6-4-17(5-7-18)23-24(32(15-29-23)20-8-11-27-12-9-20)22-10-13-28-25(31-22)34-21-3-1-2-19(14-21)30-16-33/h1-7,10,13-16,20,27H,8-9,11-12H2,(H,30,33). The number of imidazole rings is 1. The van der Waals surface area contributed by atoms with E-state index in [1.54, 1.807) is 42.6 Å². The minimum absolute atomic E-state index is 0.170. The third-order valence-electron chi connectivity index (χ3n) is 5.76. The van der Waals surface area contributed by atoms with Crippen molar-refractivity contribution in [2.75, 3.05) is 18.4 Å². The predicted octanol–water partition coefficient (Wildman–Crippen LogP) is 4.43. The van der Waals surface area contributed by atoms with E-state index in [1.807, 2.05) is 12.4 Å². The van der Waals surface area contributed by atoms with Gasteiger partial charge in [0.25, 0.3) is 0 Å². The molecule has 0 saturated carbocycles. The topological polar surface area (TPSA) is 94.0 Å². The first-order valence-electron chi connectivity index (χ1n) is 11.1. The fraction of sp³-hybridized carbons (Fsp3) is 0.200. The Labute approximate surface area is 195 Å². The van der Waals surface area contributed by atoms with Crippen molar-refractivity contribution in [1.82, 2.24) is 24.8 Å². The number of nitrogens with zero attached hydrogens (tertiary/aromatic N) is 4. The minimum atomic E-state index is -0.299. The summed E-state index contributed by atoms with van der Waals surface area (Å²) in [6.45, 7) is 1.86. The molecular weight excluding hydrogens is 435 g/mol. The molecule has 0 aliphatic carbocycles. The zero-order chi connectivity index (χ0) is 23.3. The van der Waals surface area contributed by atoms with Gasteiger partial charge in [0.15, 0.2) is 0 Å². The van der Waals surface area contributed by atoms with Crippen LogP contribution in [0.3, 0.4) is 0 Å². The molecule has 1 fully saturated rings. The summed E-state index contributed by atoms with van der Waals surface area (Å²) in [6, 6.07) is 15.5. The zero-order valence-electron chi connectivity index (χ0n) is 18.3. The average molecular weight is 458 g/mol. The number of hydrogen-bond acceptors (Lipinski definition) is 6. The fourth-order valence-corrected chi connectivity index (χ4v) is 4.14. The molecule has 3 heterocycles. The van der Waals surface area contributed by atoms with Gasteiger partial charge in [-0.25, -0.2) is 14.4 Å². The van der Waals surface area contributed by atoms with E-state index in [0.717, 1.165) is 42.9 Å². The van der Waals surface area contributed by atoms with E-state index in [1.165, 1.54) is 12.1 Å². The number of amides is 1. The van der Waals surface area contributed by atoms with Gasteiger partial charge in [-0.3, -0.25) is 4.79 Å². The lowest BCUT2D eigenvalue weighted by atomic mass is 10.0. The van der Waals surface area contributed by atoms with E-state index in [-0.39, 0.29) is 17.9 Å². The van der Waals surface area contributed by atoms with Crippen molar-refractivity contribution in [3.05, 3.63) is 72.9 Å². The van der Waals surface area contributed by atoms with Gasteiger partial charge in [-0.15, -0.1) is 0 Å². The lowest BCUT2D eigenvalue weighted by molar-refractivity contribution is -0.105. The minimum Gasteiger partial charge on any atom is -0.424 e. The van der Waals surface area contributed by atoms with Crippen molar-refractivity contribution in [2.45, 2.75) is 18.9 Å². The summed E-state index contributed by atoms with van der Waals surface area (Å²) in [7, 11) is 0. The number of aromatic nitrogens is 4. The van der Waals surface area contributed by atoms with Crippen LogP contribution < -0.4 is 15.4 Å². The number of piperidine rings is 1. The van der Waals surface area contributed by atoms with Gasteiger partial charge in [0.1, 0.15) is 11.6 Å². The van der Waals surface area contributed by atoms with Crippen molar-refractivity contribution in [3.63, 3.8) is 0 Å². The number of rotatable bonds is 7. The van der Waals surface area contributed by atoms with Crippen LogP contribution in [0.5, 0.6) is 11.8 Å². The average Bonchev–Trinajstić information content (AvgIpc) is 3.31. The highest BCUT2D eigenvalue weighted by atomic mass is 19.1. The molecular formula is C25H23FN6O2. The van der Waals surface area contributed by atoms with Crippen LogP contribution in [0.2, 0.25) is 0 Å². The molecule has 1 aliphatic rings. The van der Waals surface area contributed by atoms with Crippen LogP contribution in [-0.4, -0.2) is 39.0 Å². The van der Waals surface area contributed by atoms with E-state index in [4.69, 9.17) is 9.72 Å². The molecule has 2 N–H and O–H groups in total. The third kappa shape index (κ3) is 4.65. The predicted molar refractivity (Wildman–Crippen MR) is 126 cm³/mol. The van der Waals surface area contributed by atoms with Gasteiger partial charge in [0, 0.05) is 29.6 Å². The molecule has 0 radical (unpaired) electrons. The molecule has 0 spiro atoms. The Morgan fingerprint density at radius 1 is 1.09 bits per heavy atom. The maximum atomic E-state index is 13.6. The van der Waals surface area contributed by atoms with E-state index in [2.05, 4.69) is 25.2 Å². The van der Waals surface area contributed by atoms with Crippen molar-refractivity contribution in [1.29, 1.82) is 0 Å². The lowest BCUT2D eigenvalue weighted by Gasteiger charge is -2.25. The quantitative estimate of drug-likeness (QED) is 0.398. The van der Waals surface area contributed by atoms with Crippen LogP contribution in [0.4, 0.5) is 10.1 Å². The molecule has 0 unspecified atom stereocenters. The highest BCUT2D eigenvalue weighted by Crippen LogP contribution is 2.35. The molecule has 2 aromatic heterocycles. The van der Waals surface area contributed by atoms with Gasteiger partial charge in [-0.2, -0.15) is 4.98 Å². The molecule has 0 atom stereocenters. The Balaban J connectivity index is 1.54. The third-order valence-corrected chi connectivity index (χ3v) is 5.76. The Morgan fingerprint density at radius 2 is 1.91 bits per heavy atom. The summed E-state index contributed by atoms with van der Waals surface area (Å²) in [5.41, 5.74) is 3.62. The molecule has 0 bridgehead atoms. The Hall–Kier alpha value is -4.11. The highest BCUT2D eigenvalue weighted by Gasteiger charge is 2.23. The van der Waals surface area contributed by atoms with E-state index in [0.29, 0.717) is 23.5 Å². The van der Waals surface area contributed by atoms with Gasteiger partial charge in [0.05, 0.1) is 23.4 Å². The summed E-state index contributed by atoms with van der Waals surface area (Å²) in [6.07, 6.45) is 6.02. The molecule has 172 valence electrons. The van der Waals surface area contributed by atoms with Crippen molar-refractivity contribution in [3.8, 4) is 34.4 Å². The lowest BCUT2D eigenvalue weighted by Crippen LogP contribution is -2.29. The number of ether oxygens (including phenoxy) is 1. The van der Waals surface area contributed by atoms with Crippen LogP contribution >= 0.6 is 0 Å². The molecule has 1 saturated heterocycles. The van der Waals surface area contributed by atoms with Crippen LogP contribution in [0.25, 0.3) is 22.6 Å². The fourth-order valence-electron chi connectivity index (χ4n) is 4.14. The van der Waals surface area contributed by atoms with Gasteiger partial charge in [0.2, 0.25) is 6.41 Å². The first-order valence-corrected chi connectivity index (χ1v) is 11.1. The van der Waals surface area contributed by atoms with Crippen LogP contribution in [-0.2, 0) is 4.79 Å². The molecule has 1 amide bonds. The van der Waals surface area contributed by atoms with Gasteiger partial charge < -0.3 is 19.9 Å². The molecule has 34 heavy (non-hydrogen) atoms. The Kier molecular flexibility index (Phi) is 6.26. The van der Waals surface area contributed by atoms with Crippen LogP contribution in [0.1, 0.15) is 18.9 Å². The summed E-state index contributed by atoms with van der Waals surface area (Å²) in [4.78, 5) is 24.4. The Bertz CT molecular complexity index is 1280. The smallest absolute Gasteiger partial charge is 0.322 e. The molecule has 8 nitrogen and oxygen atoms in total. The number of hydrogen-bond donors (Lipinski definition) is 2. The maximum Gasteiger partial charge on any atom is 0.322 e. The number of anilines is 1. The SMILES string of the molecule is O=CNc1cccc(Oc2nccc(-c3c(-c4ccc(F)cc4)ncn3C3CCNCC3)n2)c1. The second-order valence-electron chi connectivity index (χ2n) is 7.95. The Morgan fingerprint density at radius 3 is 2.71 bits per heavy atom. The zero-order valence-corrected chi connectivity index (χ0v) is 18.3. The number of benzene rings is 2. The normalized spacial score (nSPS) is 14.0. The molecule has 2 aromatic carbocycles. The number of carbonyl (C=O) groups is 1. The molecule has 1 aliphatic heterocycles. The summed E-state index contributed by atoms with van der Waals surface area (Å²) in [5, 5.41) is 5.99. The van der Waals surface area contributed by atoms with Gasteiger partial charge in [-0.05, 0) is 68.4 Å². The number of carbonyl (C=O) groups excluding carboxylic acids is 1. The second-order valence-corrected chi connectivity index (χ2v) is 7.95. The largest absolute Gasteiger partial charge is 0.424 e. The van der Waals surface area contributed by atoms with Crippen molar-refractivity contribution in [2.24, 2.45) is 0 Å². The van der Waals surface area contributed by atoms with Gasteiger partial charge >= 0.3 is 6.01 Å². The van der Waals surface area contributed by atoms with Gasteiger partial charge in [-0.1, -0.05) is 6.07 Å². The van der Waals surface area contributed by atoms with Crippen molar-refractivity contribution >= 4 is 12.1 Å². The molecule has 5 rings (SSSR count). The van der Waals surface area contributed by atoms with E-state index < -0.39 is 0 Å². The van der Waals surface area contributed by atoms with Crippen molar-refractivity contribution < 1.29 is 13.9 Å². The highest BCUT2D eigenvalue weighted by molar-refractivity contribution is 5.77. The first kappa shape index (κ1) is 21.7. The maximum absolute atomic E-state index is 13.6. The summed E-state index contributed by atoms with van der Waals surface area (Å²) < 4.78 is 21.6.